The molecule has 0 fully saturated rings. The number of nitrogens with one attached hydrogen (secondary N) is 2. The van der Waals surface area contributed by atoms with Crippen LogP contribution in [0.25, 0.3) is 32.1 Å². The third kappa shape index (κ3) is 3.63. The van der Waals surface area contributed by atoms with Crippen molar-refractivity contribution in [1.29, 1.82) is 0 Å². The van der Waals surface area contributed by atoms with Gasteiger partial charge in [-0.15, -0.1) is 11.3 Å². The Balaban J connectivity index is 1.95. The van der Waals surface area contributed by atoms with Crippen molar-refractivity contribution in [2.45, 2.75) is 19.8 Å². The molecule has 8 heteroatoms. The Morgan fingerprint density at radius 3 is 2.77 bits per heavy atom. The number of H-pyrrole nitrogens is 1. The van der Waals surface area contributed by atoms with E-state index in [4.69, 9.17) is 9.84 Å². The molecule has 31 heavy (non-hydrogen) atoms. The fourth-order valence-corrected chi connectivity index (χ4v) is 4.74. The molecular weight excluding hydrogens is 419 g/mol. The molecule has 3 N–H and O–H groups in total. The number of carboxylic acid groups (broad SMARTS) is 1. The molecule has 2 aromatic heterocycles. The fraction of sp³-hybridized carbons (Fsp3) is 0.217. The van der Waals surface area contributed by atoms with Crippen LogP contribution in [0.1, 0.15) is 24.0 Å². The zero-order valence-electron chi connectivity index (χ0n) is 17.2. The SMILES string of the molecule is COc1cc(C)c2[nH]c(=O)c3sccc3c2c1-c1ccc(C(C)CNC(=O)O)c(F)c1. The lowest BCUT2D eigenvalue weighted by molar-refractivity contribution is 0.194. The molecule has 0 bridgehead atoms. The minimum absolute atomic E-state index is 0.110. The van der Waals surface area contributed by atoms with Gasteiger partial charge in [-0.3, -0.25) is 4.79 Å². The van der Waals surface area contributed by atoms with E-state index < -0.39 is 11.9 Å². The predicted octanol–water partition coefficient (Wildman–Crippen LogP) is 5.24. The number of rotatable bonds is 5. The number of hydrogen-bond donors (Lipinski definition) is 3. The molecule has 160 valence electrons. The zero-order valence-corrected chi connectivity index (χ0v) is 18.0. The number of aromatic amines is 1. The van der Waals surface area contributed by atoms with Gasteiger partial charge in [-0.1, -0.05) is 19.1 Å². The number of aromatic nitrogens is 1. The van der Waals surface area contributed by atoms with Crippen LogP contribution in [-0.2, 0) is 0 Å². The summed E-state index contributed by atoms with van der Waals surface area (Å²) in [7, 11) is 1.56. The van der Waals surface area contributed by atoms with Gasteiger partial charge in [0.1, 0.15) is 16.3 Å². The molecule has 2 heterocycles. The number of pyridine rings is 1. The van der Waals surface area contributed by atoms with Crippen LogP contribution in [0.2, 0.25) is 0 Å². The van der Waals surface area contributed by atoms with E-state index in [1.807, 2.05) is 24.4 Å². The first-order valence-corrected chi connectivity index (χ1v) is 10.6. The molecular formula is C23H21FN2O4S. The number of hydrogen-bond acceptors (Lipinski definition) is 4. The molecule has 4 rings (SSSR count). The van der Waals surface area contributed by atoms with E-state index in [-0.39, 0.29) is 18.0 Å². The molecule has 0 aliphatic heterocycles. The fourth-order valence-electron chi connectivity index (χ4n) is 3.95. The first kappa shape index (κ1) is 20.9. The number of amides is 1. The minimum atomic E-state index is -1.14. The van der Waals surface area contributed by atoms with Crippen molar-refractivity contribution < 1.29 is 19.0 Å². The Morgan fingerprint density at radius 1 is 1.32 bits per heavy atom. The molecule has 0 spiro atoms. The van der Waals surface area contributed by atoms with Crippen LogP contribution in [0, 0.1) is 12.7 Å². The molecule has 1 atom stereocenters. The highest BCUT2D eigenvalue weighted by Gasteiger charge is 2.20. The average Bonchev–Trinajstić information content (AvgIpc) is 3.23. The van der Waals surface area contributed by atoms with Crippen molar-refractivity contribution in [3.05, 3.63) is 63.0 Å². The largest absolute Gasteiger partial charge is 0.496 e. The monoisotopic (exact) mass is 440 g/mol. The third-order valence-corrected chi connectivity index (χ3v) is 6.38. The van der Waals surface area contributed by atoms with Crippen molar-refractivity contribution in [2.24, 2.45) is 0 Å². The predicted molar refractivity (Wildman–Crippen MR) is 121 cm³/mol. The molecule has 0 saturated carbocycles. The maximum Gasteiger partial charge on any atom is 0.404 e. The van der Waals surface area contributed by atoms with E-state index in [0.29, 0.717) is 32.7 Å². The lowest BCUT2D eigenvalue weighted by Crippen LogP contribution is -2.25. The first-order valence-electron chi connectivity index (χ1n) is 9.69. The second-order valence-electron chi connectivity index (χ2n) is 7.46. The summed E-state index contributed by atoms with van der Waals surface area (Å²) in [6, 6.07) is 8.62. The van der Waals surface area contributed by atoms with Crippen LogP contribution in [0.15, 0.2) is 40.5 Å². The van der Waals surface area contributed by atoms with Gasteiger partial charge in [0.2, 0.25) is 0 Å². The van der Waals surface area contributed by atoms with Crippen LogP contribution < -0.4 is 15.6 Å². The van der Waals surface area contributed by atoms with Crippen LogP contribution in [-0.4, -0.2) is 29.8 Å². The van der Waals surface area contributed by atoms with Gasteiger partial charge in [0, 0.05) is 28.8 Å². The van der Waals surface area contributed by atoms with Crippen molar-refractivity contribution in [1.82, 2.24) is 10.3 Å². The summed E-state index contributed by atoms with van der Waals surface area (Å²) in [4.78, 5) is 26.2. The van der Waals surface area contributed by atoms with E-state index in [2.05, 4.69) is 10.3 Å². The Bertz CT molecular complexity index is 1380. The number of benzene rings is 2. The number of thiophene rings is 1. The summed E-state index contributed by atoms with van der Waals surface area (Å²) in [5, 5.41) is 14.5. The van der Waals surface area contributed by atoms with Crippen LogP contribution in [0.3, 0.4) is 0 Å². The van der Waals surface area contributed by atoms with Crippen LogP contribution in [0.5, 0.6) is 5.75 Å². The number of halogens is 1. The van der Waals surface area contributed by atoms with Gasteiger partial charge in [-0.05, 0) is 47.2 Å². The molecule has 0 radical (unpaired) electrons. The van der Waals surface area contributed by atoms with Crippen molar-refractivity contribution in [2.75, 3.05) is 13.7 Å². The molecule has 1 unspecified atom stereocenters. The highest BCUT2D eigenvalue weighted by atomic mass is 32.1. The lowest BCUT2D eigenvalue weighted by Gasteiger charge is -2.17. The first-order chi connectivity index (χ1) is 14.8. The van der Waals surface area contributed by atoms with Gasteiger partial charge < -0.3 is 20.1 Å². The van der Waals surface area contributed by atoms with E-state index >= 15 is 4.39 Å². The molecule has 0 aliphatic rings. The molecule has 4 aromatic rings. The highest BCUT2D eigenvalue weighted by molar-refractivity contribution is 7.17. The van der Waals surface area contributed by atoms with Crippen LogP contribution >= 0.6 is 11.3 Å². The van der Waals surface area contributed by atoms with E-state index in [1.165, 1.54) is 17.4 Å². The molecule has 2 aromatic carbocycles. The summed E-state index contributed by atoms with van der Waals surface area (Å²) >= 11 is 1.36. The minimum Gasteiger partial charge on any atom is -0.496 e. The second kappa shape index (κ2) is 8.03. The van der Waals surface area contributed by atoms with Gasteiger partial charge in [0.25, 0.3) is 5.56 Å². The Labute approximate surface area is 181 Å². The summed E-state index contributed by atoms with van der Waals surface area (Å²) in [6.07, 6.45) is -1.14. The summed E-state index contributed by atoms with van der Waals surface area (Å²) in [5.74, 6) is -0.182. The number of carbonyl (C=O) groups is 1. The van der Waals surface area contributed by atoms with Crippen molar-refractivity contribution in [3.63, 3.8) is 0 Å². The summed E-state index contributed by atoms with van der Waals surface area (Å²) < 4.78 is 21.3. The Morgan fingerprint density at radius 2 is 2.10 bits per heavy atom. The summed E-state index contributed by atoms with van der Waals surface area (Å²) in [5.41, 5.74) is 3.12. The van der Waals surface area contributed by atoms with Gasteiger partial charge in [-0.25, -0.2) is 9.18 Å². The smallest absolute Gasteiger partial charge is 0.404 e. The van der Waals surface area contributed by atoms with Crippen molar-refractivity contribution >= 4 is 38.4 Å². The normalized spacial score (nSPS) is 12.3. The van der Waals surface area contributed by atoms with Crippen LogP contribution in [0.4, 0.5) is 9.18 Å². The number of methoxy groups -OCH3 is 1. The molecule has 6 nitrogen and oxygen atoms in total. The standard InChI is InChI=1S/C23H21FN2O4S/c1-11-8-17(30-3)18(19-15-6-7-31-21(15)22(27)26-20(11)19)13-4-5-14(16(24)9-13)12(2)10-25-23(28)29/h4-9,12,25H,10H2,1-3H3,(H,26,27)(H,28,29). The zero-order chi connectivity index (χ0) is 22.3. The quantitative estimate of drug-likeness (QED) is 0.396. The Kier molecular flexibility index (Phi) is 5.41. The molecule has 0 saturated heterocycles. The number of aryl methyl sites for hydroxylation is 1. The maximum atomic E-state index is 15.1. The van der Waals surface area contributed by atoms with Gasteiger partial charge in [-0.2, -0.15) is 0 Å². The maximum absolute atomic E-state index is 15.1. The molecule has 1 amide bonds. The van der Waals surface area contributed by atoms with E-state index in [9.17, 15) is 9.59 Å². The second-order valence-corrected chi connectivity index (χ2v) is 8.38. The topological polar surface area (TPSA) is 91.4 Å². The average molecular weight is 440 g/mol. The van der Waals surface area contributed by atoms with Gasteiger partial charge in [0.05, 0.1) is 12.6 Å². The molecule has 0 aliphatic carbocycles. The van der Waals surface area contributed by atoms with E-state index in [0.717, 1.165) is 16.3 Å². The summed E-state index contributed by atoms with van der Waals surface area (Å²) in [6.45, 7) is 3.76. The highest BCUT2D eigenvalue weighted by Crippen LogP contribution is 2.42. The van der Waals surface area contributed by atoms with Crippen molar-refractivity contribution in [3.8, 4) is 16.9 Å². The third-order valence-electron chi connectivity index (χ3n) is 5.47. The van der Waals surface area contributed by atoms with E-state index in [1.54, 1.807) is 26.2 Å². The van der Waals surface area contributed by atoms with Gasteiger partial charge in [0.15, 0.2) is 0 Å². The van der Waals surface area contributed by atoms with Gasteiger partial charge >= 0.3 is 6.09 Å². The lowest BCUT2D eigenvalue weighted by atomic mass is 9.92. The Hall–Kier alpha value is -3.39. The number of fused-ring (bicyclic) bond motifs is 3. The number of ether oxygens (including phenoxy) is 1.